The van der Waals surface area contributed by atoms with E-state index in [1.165, 1.54) is 25.9 Å². The van der Waals surface area contributed by atoms with E-state index in [-0.39, 0.29) is 0 Å². The van der Waals surface area contributed by atoms with Crippen molar-refractivity contribution in [1.82, 2.24) is 4.90 Å². The van der Waals surface area contributed by atoms with Crippen LogP contribution in [0.1, 0.15) is 12.8 Å². The third-order valence-corrected chi connectivity index (χ3v) is 2.95. The van der Waals surface area contributed by atoms with Gasteiger partial charge in [-0.15, -0.1) is 0 Å². The van der Waals surface area contributed by atoms with E-state index < -0.39 is 0 Å². The van der Waals surface area contributed by atoms with Crippen LogP contribution in [-0.2, 0) is 0 Å². The molecule has 3 heteroatoms. The standard InChI is InChI=1S/C8H12N2S/c11-6-9-8-5-10-3-1-7(8)2-4-10/h7-8H,1-5H2. The SMILES string of the molecule is S=C=NC1CN2CCC1CC2. The van der Waals surface area contributed by atoms with Gasteiger partial charge in [0.25, 0.3) is 0 Å². The first kappa shape index (κ1) is 7.41. The van der Waals surface area contributed by atoms with Crippen LogP contribution >= 0.6 is 12.2 Å². The second-order valence-electron chi connectivity index (χ2n) is 3.43. The number of hydrogen-bond donors (Lipinski definition) is 0. The number of rotatable bonds is 1. The van der Waals surface area contributed by atoms with Crippen LogP contribution in [-0.4, -0.2) is 35.7 Å². The van der Waals surface area contributed by atoms with Crippen molar-refractivity contribution in [3.05, 3.63) is 0 Å². The summed E-state index contributed by atoms with van der Waals surface area (Å²) in [6.45, 7) is 3.66. The van der Waals surface area contributed by atoms with Gasteiger partial charge in [0.1, 0.15) is 0 Å². The topological polar surface area (TPSA) is 15.6 Å². The molecule has 0 amide bonds. The molecule has 3 aliphatic heterocycles. The Hall–Kier alpha value is -0.240. The van der Waals surface area contributed by atoms with Gasteiger partial charge in [0.2, 0.25) is 0 Å². The van der Waals surface area contributed by atoms with Crippen molar-refractivity contribution in [1.29, 1.82) is 0 Å². The Morgan fingerprint density at radius 3 is 2.55 bits per heavy atom. The molecule has 2 bridgehead atoms. The highest BCUT2D eigenvalue weighted by molar-refractivity contribution is 7.78. The quantitative estimate of drug-likeness (QED) is 0.431. The number of fused-ring (bicyclic) bond motifs is 3. The van der Waals surface area contributed by atoms with Crippen LogP contribution in [0.5, 0.6) is 0 Å². The highest BCUT2D eigenvalue weighted by Gasteiger charge is 2.33. The van der Waals surface area contributed by atoms with Gasteiger partial charge in [-0.25, -0.2) is 4.99 Å². The Kier molecular flexibility index (Phi) is 2.03. The lowest BCUT2D eigenvalue weighted by molar-refractivity contribution is 0.0910. The van der Waals surface area contributed by atoms with Gasteiger partial charge in [0, 0.05) is 6.54 Å². The van der Waals surface area contributed by atoms with Crippen LogP contribution < -0.4 is 0 Å². The molecule has 0 aromatic carbocycles. The van der Waals surface area contributed by atoms with Crippen LogP contribution in [0.25, 0.3) is 0 Å². The number of piperidine rings is 3. The number of thiocarbonyl (C=S) groups is 1. The van der Waals surface area contributed by atoms with E-state index in [9.17, 15) is 0 Å². The minimum absolute atomic E-state index is 0.468. The number of isothiocyanates is 1. The second-order valence-corrected chi connectivity index (χ2v) is 3.61. The molecule has 1 atom stereocenters. The van der Waals surface area contributed by atoms with Gasteiger partial charge in [-0.2, -0.15) is 0 Å². The Morgan fingerprint density at radius 1 is 1.36 bits per heavy atom. The molecule has 60 valence electrons. The van der Waals surface area contributed by atoms with Crippen LogP contribution in [0, 0.1) is 5.92 Å². The molecule has 0 saturated carbocycles. The van der Waals surface area contributed by atoms with Crippen molar-refractivity contribution in [3.63, 3.8) is 0 Å². The van der Waals surface area contributed by atoms with E-state index in [1.54, 1.807) is 0 Å². The van der Waals surface area contributed by atoms with Gasteiger partial charge < -0.3 is 4.90 Å². The summed E-state index contributed by atoms with van der Waals surface area (Å²) >= 11 is 4.61. The van der Waals surface area contributed by atoms with Gasteiger partial charge in [-0.05, 0) is 44.1 Å². The fourth-order valence-corrected chi connectivity index (χ4v) is 2.28. The summed E-state index contributed by atoms with van der Waals surface area (Å²) in [7, 11) is 0. The van der Waals surface area contributed by atoms with Crippen LogP contribution in [0.15, 0.2) is 4.99 Å². The monoisotopic (exact) mass is 168 g/mol. The molecule has 3 rings (SSSR count). The lowest BCUT2D eigenvalue weighted by atomic mass is 9.84. The average Bonchev–Trinajstić information content (AvgIpc) is 2.07. The van der Waals surface area contributed by atoms with E-state index in [1.807, 2.05) is 0 Å². The van der Waals surface area contributed by atoms with Gasteiger partial charge in [0.05, 0.1) is 11.2 Å². The fraction of sp³-hybridized carbons (Fsp3) is 0.875. The molecule has 0 aliphatic carbocycles. The summed E-state index contributed by atoms with van der Waals surface area (Å²) < 4.78 is 0. The molecular weight excluding hydrogens is 156 g/mol. The van der Waals surface area contributed by atoms with Crippen LogP contribution in [0.3, 0.4) is 0 Å². The summed E-state index contributed by atoms with van der Waals surface area (Å²) in [6, 6.07) is 0.468. The molecule has 0 spiro atoms. The Balaban J connectivity index is 2.08. The summed E-state index contributed by atoms with van der Waals surface area (Å²) in [5.74, 6) is 0.801. The second kappa shape index (κ2) is 3.02. The Morgan fingerprint density at radius 2 is 2.09 bits per heavy atom. The maximum atomic E-state index is 4.61. The molecule has 0 N–H and O–H groups in total. The predicted molar refractivity (Wildman–Crippen MR) is 48.0 cm³/mol. The lowest BCUT2D eigenvalue weighted by Gasteiger charge is -2.42. The van der Waals surface area contributed by atoms with Gasteiger partial charge in [-0.1, -0.05) is 0 Å². The zero-order valence-electron chi connectivity index (χ0n) is 6.49. The normalized spacial score (nSPS) is 41.6. The van der Waals surface area contributed by atoms with Crippen molar-refractivity contribution in [3.8, 4) is 0 Å². The van der Waals surface area contributed by atoms with Crippen molar-refractivity contribution < 1.29 is 0 Å². The maximum absolute atomic E-state index is 4.61. The van der Waals surface area contributed by atoms with E-state index in [0.717, 1.165) is 12.5 Å². The van der Waals surface area contributed by atoms with Crippen molar-refractivity contribution in [2.24, 2.45) is 10.9 Å². The van der Waals surface area contributed by atoms with E-state index in [0.29, 0.717) is 6.04 Å². The first-order valence-electron chi connectivity index (χ1n) is 4.19. The molecule has 2 nitrogen and oxygen atoms in total. The summed E-state index contributed by atoms with van der Waals surface area (Å²) in [4.78, 5) is 6.66. The maximum Gasteiger partial charge on any atom is 0.0758 e. The first-order chi connectivity index (χ1) is 5.40. The largest absolute Gasteiger partial charge is 0.301 e. The third kappa shape index (κ3) is 1.36. The van der Waals surface area contributed by atoms with Crippen LogP contribution in [0.2, 0.25) is 0 Å². The fourth-order valence-electron chi connectivity index (χ4n) is 2.15. The number of nitrogens with zero attached hydrogens (tertiary/aromatic N) is 2. The van der Waals surface area contributed by atoms with E-state index in [4.69, 9.17) is 0 Å². The van der Waals surface area contributed by atoms with E-state index >= 15 is 0 Å². The predicted octanol–water partition coefficient (Wildman–Crippen LogP) is 1.18. The summed E-state index contributed by atoms with van der Waals surface area (Å²) in [6.07, 6.45) is 2.62. The van der Waals surface area contributed by atoms with Gasteiger partial charge >= 0.3 is 0 Å². The highest BCUT2D eigenvalue weighted by Crippen LogP contribution is 2.29. The number of hydrogen-bond acceptors (Lipinski definition) is 3. The van der Waals surface area contributed by atoms with Gasteiger partial charge in [-0.3, -0.25) is 0 Å². The molecule has 3 saturated heterocycles. The van der Waals surface area contributed by atoms with Gasteiger partial charge in [0.15, 0.2) is 0 Å². The molecule has 0 aromatic rings. The molecule has 3 fully saturated rings. The molecule has 0 aromatic heterocycles. The summed E-state index contributed by atoms with van der Waals surface area (Å²) in [5, 5.41) is 2.50. The zero-order valence-corrected chi connectivity index (χ0v) is 7.31. The molecule has 0 radical (unpaired) electrons. The molecular formula is C8H12N2S. The van der Waals surface area contributed by atoms with E-state index in [2.05, 4.69) is 27.3 Å². The molecule has 3 heterocycles. The minimum Gasteiger partial charge on any atom is -0.301 e. The van der Waals surface area contributed by atoms with Crippen LogP contribution in [0.4, 0.5) is 0 Å². The van der Waals surface area contributed by atoms with Crippen molar-refractivity contribution >= 4 is 17.4 Å². The number of aliphatic imine (C=N–C) groups is 1. The van der Waals surface area contributed by atoms with Crippen molar-refractivity contribution in [2.45, 2.75) is 18.9 Å². The molecule has 11 heavy (non-hydrogen) atoms. The third-order valence-electron chi connectivity index (χ3n) is 2.84. The molecule has 3 aliphatic rings. The summed E-state index contributed by atoms with van der Waals surface area (Å²) in [5.41, 5.74) is 0. The smallest absolute Gasteiger partial charge is 0.0758 e. The molecule has 1 unspecified atom stereocenters. The highest BCUT2D eigenvalue weighted by atomic mass is 32.1. The lowest BCUT2D eigenvalue weighted by Crippen LogP contribution is -2.49. The first-order valence-corrected chi connectivity index (χ1v) is 4.60. The average molecular weight is 168 g/mol. The zero-order chi connectivity index (χ0) is 7.68. The van der Waals surface area contributed by atoms with Crippen molar-refractivity contribution in [2.75, 3.05) is 19.6 Å². The minimum atomic E-state index is 0.468. The Labute approximate surface area is 72.3 Å². The Bertz CT molecular complexity index is 190.